The predicted molar refractivity (Wildman–Crippen MR) is 91.0 cm³/mol. The second-order valence-electron chi connectivity index (χ2n) is 6.53. The van der Waals surface area contributed by atoms with Crippen molar-refractivity contribution >= 4 is 34.3 Å². The second kappa shape index (κ2) is 7.47. The van der Waals surface area contributed by atoms with Crippen LogP contribution in [0.5, 0.6) is 0 Å². The number of esters is 1. The Morgan fingerprint density at radius 3 is 2.76 bits per heavy atom. The van der Waals surface area contributed by atoms with E-state index in [1.807, 2.05) is 0 Å². The van der Waals surface area contributed by atoms with Crippen molar-refractivity contribution < 1.29 is 19.1 Å². The van der Waals surface area contributed by atoms with E-state index >= 15 is 0 Å². The van der Waals surface area contributed by atoms with Crippen LogP contribution in [-0.2, 0) is 25.5 Å². The minimum absolute atomic E-state index is 0.0153. The molecule has 2 fully saturated rings. The molecule has 1 N–H and O–H groups in total. The number of amides is 2. The zero-order chi connectivity index (χ0) is 18.0. The highest BCUT2D eigenvalue weighted by molar-refractivity contribution is 7.15. The Hall–Kier alpha value is -2.03. The molecule has 0 radical (unpaired) electrons. The number of anilines is 1. The van der Waals surface area contributed by atoms with Gasteiger partial charge < -0.3 is 10.1 Å². The number of nitrogens with one attached hydrogen (secondary N) is 1. The third-order valence-electron chi connectivity index (χ3n) is 4.67. The number of ether oxygens (including phenoxy) is 1. The van der Waals surface area contributed by atoms with Crippen molar-refractivity contribution in [1.82, 2.24) is 15.5 Å². The smallest absolute Gasteiger partial charge is 0.308 e. The maximum Gasteiger partial charge on any atom is 0.308 e. The van der Waals surface area contributed by atoms with Crippen LogP contribution in [0.4, 0.5) is 5.13 Å². The van der Waals surface area contributed by atoms with Crippen molar-refractivity contribution in [2.75, 3.05) is 18.6 Å². The van der Waals surface area contributed by atoms with E-state index in [1.54, 1.807) is 4.90 Å². The Bertz CT molecular complexity index is 671. The maximum atomic E-state index is 12.4. The molecule has 1 aliphatic heterocycles. The minimum Gasteiger partial charge on any atom is -0.469 e. The summed E-state index contributed by atoms with van der Waals surface area (Å²) in [5.41, 5.74) is 0. The molecule has 3 rings (SSSR count). The van der Waals surface area contributed by atoms with E-state index in [2.05, 4.69) is 27.2 Å². The Morgan fingerprint density at radius 1 is 1.32 bits per heavy atom. The van der Waals surface area contributed by atoms with Crippen LogP contribution in [0.1, 0.15) is 37.6 Å². The Balaban J connectivity index is 1.52. The van der Waals surface area contributed by atoms with Gasteiger partial charge in [0.1, 0.15) is 5.01 Å². The van der Waals surface area contributed by atoms with Gasteiger partial charge in [0.2, 0.25) is 16.9 Å². The summed E-state index contributed by atoms with van der Waals surface area (Å²) >= 11 is 1.41. The normalized spacial score (nSPS) is 25.6. The van der Waals surface area contributed by atoms with Gasteiger partial charge in [0.25, 0.3) is 0 Å². The monoisotopic (exact) mass is 366 g/mol. The SMILES string of the molecule is CCCc1nnc(N2CC(C(=O)NC3CC(C(=O)OC)C3)CC2=O)s1. The van der Waals surface area contributed by atoms with Crippen LogP contribution in [0.3, 0.4) is 0 Å². The Kier molecular flexibility index (Phi) is 5.31. The van der Waals surface area contributed by atoms with Crippen LogP contribution in [0.25, 0.3) is 0 Å². The van der Waals surface area contributed by atoms with E-state index in [0.717, 1.165) is 17.8 Å². The van der Waals surface area contributed by atoms with Gasteiger partial charge in [-0.3, -0.25) is 19.3 Å². The quantitative estimate of drug-likeness (QED) is 0.751. The molecule has 1 aromatic rings. The minimum atomic E-state index is -0.386. The Morgan fingerprint density at radius 2 is 2.08 bits per heavy atom. The fourth-order valence-electron chi connectivity index (χ4n) is 3.15. The van der Waals surface area contributed by atoms with Gasteiger partial charge in [-0.25, -0.2) is 0 Å². The summed E-state index contributed by atoms with van der Waals surface area (Å²) in [5, 5.41) is 12.6. The van der Waals surface area contributed by atoms with Gasteiger partial charge in [-0.2, -0.15) is 0 Å². The number of carbonyl (C=O) groups is 3. The molecule has 2 heterocycles. The standard InChI is InChI=1S/C16H22N4O4S/c1-3-4-12-18-19-16(25-12)20-8-10(7-13(20)21)14(22)17-11-5-9(6-11)15(23)24-2/h9-11H,3-8H2,1-2H3,(H,17,22). The van der Waals surface area contributed by atoms with Gasteiger partial charge in [0.05, 0.1) is 18.9 Å². The second-order valence-corrected chi connectivity index (χ2v) is 7.57. The zero-order valence-corrected chi connectivity index (χ0v) is 15.2. The van der Waals surface area contributed by atoms with E-state index in [0.29, 0.717) is 24.5 Å². The van der Waals surface area contributed by atoms with E-state index in [-0.39, 0.29) is 42.1 Å². The highest BCUT2D eigenvalue weighted by Crippen LogP contribution is 2.31. The summed E-state index contributed by atoms with van der Waals surface area (Å²) in [6.45, 7) is 2.40. The van der Waals surface area contributed by atoms with Crippen LogP contribution in [-0.4, -0.2) is 47.7 Å². The number of hydrogen-bond acceptors (Lipinski definition) is 7. The number of nitrogens with zero attached hydrogens (tertiary/aromatic N) is 3. The summed E-state index contributed by atoms with van der Waals surface area (Å²) < 4.78 is 4.69. The molecule has 2 aliphatic rings. The topological polar surface area (TPSA) is 101 Å². The average Bonchev–Trinajstić information content (AvgIpc) is 3.16. The molecule has 1 saturated carbocycles. The molecule has 9 heteroatoms. The summed E-state index contributed by atoms with van der Waals surface area (Å²) in [7, 11) is 1.37. The molecule has 1 unspecified atom stereocenters. The molecule has 0 aromatic carbocycles. The first-order valence-electron chi connectivity index (χ1n) is 8.52. The van der Waals surface area contributed by atoms with Crippen LogP contribution < -0.4 is 10.2 Å². The first-order valence-corrected chi connectivity index (χ1v) is 9.34. The summed E-state index contributed by atoms with van der Waals surface area (Å²) in [5.74, 6) is -0.978. The fraction of sp³-hybridized carbons (Fsp3) is 0.688. The molecule has 1 saturated heterocycles. The van der Waals surface area contributed by atoms with Gasteiger partial charge in [-0.15, -0.1) is 10.2 Å². The Labute approximate surface area is 149 Å². The molecule has 0 bridgehead atoms. The van der Waals surface area contributed by atoms with Crippen molar-refractivity contribution in [3.05, 3.63) is 5.01 Å². The van der Waals surface area contributed by atoms with Gasteiger partial charge in [-0.1, -0.05) is 18.3 Å². The molecule has 2 amide bonds. The third-order valence-corrected chi connectivity index (χ3v) is 5.67. The van der Waals surface area contributed by atoms with Crippen LogP contribution >= 0.6 is 11.3 Å². The lowest BCUT2D eigenvalue weighted by atomic mass is 9.80. The summed E-state index contributed by atoms with van der Waals surface area (Å²) in [6, 6.07) is -0.0153. The molecule has 1 aromatic heterocycles. The lowest BCUT2D eigenvalue weighted by Crippen LogP contribution is -2.49. The van der Waals surface area contributed by atoms with Crippen LogP contribution in [0.15, 0.2) is 0 Å². The largest absolute Gasteiger partial charge is 0.469 e. The number of aromatic nitrogens is 2. The van der Waals surface area contributed by atoms with E-state index in [1.165, 1.54) is 18.4 Å². The van der Waals surface area contributed by atoms with Crippen LogP contribution in [0, 0.1) is 11.8 Å². The lowest BCUT2D eigenvalue weighted by Gasteiger charge is -2.34. The number of methoxy groups -OCH3 is 1. The lowest BCUT2D eigenvalue weighted by molar-refractivity contribution is -0.150. The number of aryl methyl sites for hydroxylation is 1. The average molecular weight is 366 g/mol. The predicted octanol–water partition coefficient (Wildman–Crippen LogP) is 0.911. The van der Waals surface area contributed by atoms with Crippen molar-refractivity contribution in [2.24, 2.45) is 11.8 Å². The first kappa shape index (κ1) is 17.8. The highest BCUT2D eigenvalue weighted by atomic mass is 32.1. The molecule has 25 heavy (non-hydrogen) atoms. The van der Waals surface area contributed by atoms with E-state index in [9.17, 15) is 14.4 Å². The third kappa shape index (κ3) is 3.81. The number of carbonyl (C=O) groups excluding carboxylic acids is 3. The van der Waals surface area contributed by atoms with Crippen molar-refractivity contribution in [2.45, 2.75) is 45.1 Å². The highest BCUT2D eigenvalue weighted by Gasteiger charge is 2.40. The summed E-state index contributed by atoms with van der Waals surface area (Å²) in [4.78, 5) is 37.5. The van der Waals surface area contributed by atoms with Gasteiger partial charge in [0.15, 0.2) is 0 Å². The molecule has 8 nitrogen and oxygen atoms in total. The zero-order valence-electron chi connectivity index (χ0n) is 14.4. The van der Waals surface area contributed by atoms with E-state index < -0.39 is 0 Å². The van der Waals surface area contributed by atoms with Crippen molar-refractivity contribution in [3.8, 4) is 0 Å². The van der Waals surface area contributed by atoms with Gasteiger partial charge in [0, 0.05) is 25.4 Å². The fourth-order valence-corrected chi connectivity index (χ4v) is 4.12. The molecule has 1 atom stereocenters. The van der Waals surface area contributed by atoms with Crippen molar-refractivity contribution in [1.29, 1.82) is 0 Å². The molecular weight excluding hydrogens is 344 g/mol. The van der Waals surface area contributed by atoms with Crippen molar-refractivity contribution in [3.63, 3.8) is 0 Å². The van der Waals surface area contributed by atoms with Gasteiger partial charge in [-0.05, 0) is 19.3 Å². The maximum absolute atomic E-state index is 12.4. The summed E-state index contributed by atoms with van der Waals surface area (Å²) in [6.07, 6.45) is 3.19. The number of rotatable bonds is 6. The van der Waals surface area contributed by atoms with Crippen LogP contribution in [0.2, 0.25) is 0 Å². The van der Waals surface area contributed by atoms with Gasteiger partial charge >= 0.3 is 5.97 Å². The van der Waals surface area contributed by atoms with E-state index in [4.69, 9.17) is 0 Å². The molecule has 1 aliphatic carbocycles. The molecule has 136 valence electrons. The molecular formula is C16H22N4O4S. The molecule has 0 spiro atoms. The first-order chi connectivity index (χ1) is 12.0. The number of hydrogen-bond donors (Lipinski definition) is 1.